The summed E-state index contributed by atoms with van der Waals surface area (Å²) in [6, 6.07) is 7.81. The van der Waals surface area contributed by atoms with Crippen LogP contribution in [0, 0.1) is 0 Å². The fourth-order valence-corrected chi connectivity index (χ4v) is 2.38. The van der Waals surface area contributed by atoms with E-state index in [-0.39, 0.29) is 0 Å². The third-order valence-corrected chi connectivity index (χ3v) is 4.14. The molecular formula is C20H30O6. The quantitative estimate of drug-likeness (QED) is 0.331. The Kier molecular flexibility index (Phi) is 8.51. The highest BCUT2D eigenvalue weighted by atomic mass is 16.6. The second kappa shape index (κ2) is 11.4. The lowest BCUT2D eigenvalue weighted by molar-refractivity contribution is 0.110. The van der Waals surface area contributed by atoms with Gasteiger partial charge in [-0.25, -0.2) is 0 Å². The molecule has 0 saturated carbocycles. The number of ether oxygens (including phenoxy) is 6. The molecule has 3 rings (SSSR count). The molecule has 26 heavy (non-hydrogen) atoms. The molecule has 0 radical (unpaired) electrons. The van der Waals surface area contributed by atoms with Gasteiger partial charge in [0.2, 0.25) is 0 Å². The van der Waals surface area contributed by atoms with Gasteiger partial charge in [0.1, 0.15) is 23.7 Å². The Hall–Kier alpha value is -1.34. The summed E-state index contributed by atoms with van der Waals surface area (Å²) in [4.78, 5) is 0. The molecule has 2 fully saturated rings. The summed E-state index contributed by atoms with van der Waals surface area (Å²) in [5.41, 5.74) is 0. The molecule has 0 bridgehead atoms. The fraction of sp³-hybridized carbons (Fsp3) is 0.700. The van der Waals surface area contributed by atoms with Crippen molar-refractivity contribution >= 4 is 0 Å². The zero-order valence-corrected chi connectivity index (χ0v) is 15.4. The predicted octanol–water partition coefficient (Wildman–Crippen LogP) is 2.84. The average Bonchev–Trinajstić information content (AvgIpc) is 3.56. The van der Waals surface area contributed by atoms with Crippen molar-refractivity contribution in [1.29, 1.82) is 0 Å². The maximum atomic E-state index is 5.73. The highest BCUT2D eigenvalue weighted by Gasteiger charge is 2.22. The Morgan fingerprint density at radius 2 is 1.04 bits per heavy atom. The lowest BCUT2D eigenvalue weighted by Crippen LogP contribution is -2.05. The monoisotopic (exact) mass is 366 g/mol. The highest BCUT2D eigenvalue weighted by molar-refractivity contribution is 5.31. The largest absolute Gasteiger partial charge is 0.494 e. The van der Waals surface area contributed by atoms with Crippen molar-refractivity contribution in [2.24, 2.45) is 0 Å². The molecule has 2 aliphatic rings. The van der Waals surface area contributed by atoms with Crippen LogP contribution in [0.4, 0.5) is 0 Å². The molecule has 0 spiro atoms. The van der Waals surface area contributed by atoms with E-state index in [1.807, 2.05) is 24.3 Å². The third kappa shape index (κ3) is 8.85. The molecule has 2 atom stereocenters. The van der Waals surface area contributed by atoms with Crippen LogP contribution in [0.2, 0.25) is 0 Å². The summed E-state index contributed by atoms with van der Waals surface area (Å²) in [6.07, 6.45) is 4.68. The van der Waals surface area contributed by atoms with Crippen LogP contribution >= 0.6 is 0 Å². The van der Waals surface area contributed by atoms with Crippen molar-refractivity contribution in [3.63, 3.8) is 0 Å². The second-order valence-electron chi connectivity index (χ2n) is 6.64. The molecule has 6 heteroatoms. The molecule has 1 aromatic rings. The lowest BCUT2D eigenvalue weighted by atomic mass is 10.3. The molecule has 2 aliphatic heterocycles. The Bertz CT molecular complexity index is 439. The van der Waals surface area contributed by atoms with Gasteiger partial charge in [-0.2, -0.15) is 0 Å². The molecule has 0 aromatic heterocycles. The molecule has 2 heterocycles. The van der Waals surface area contributed by atoms with Gasteiger partial charge in [-0.1, -0.05) is 0 Å². The van der Waals surface area contributed by atoms with Crippen LogP contribution in [0.5, 0.6) is 11.5 Å². The first-order valence-corrected chi connectivity index (χ1v) is 9.64. The number of unbranched alkanes of at least 4 members (excludes halogenated alkanes) is 2. The van der Waals surface area contributed by atoms with Crippen LogP contribution in [0.25, 0.3) is 0 Å². The number of benzene rings is 1. The van der Waals surface area contributed by atoms with E-state index < -0.39 is 0 Å². The van der Waals surface area contributed by atoms with Crippen molar-refractivity contribution < 1.29 is 28.4 Å². The van der Waals surface area contributed by atoms with Crippen LogP contribution in [0.1, 0.15) is 25.7 Å². The van der Waals surface area contributed by atoms with Crippen molar-refractivity contribution in [2.45, 2.75) is 37.9 Å². The maximum absolute atomic E-state index is 5.73. The van der Waals surface area contributed by atoms with E-state index in [9.17, 15) is 0 Å². The van der Waals surface area contributed by atoms with E-state index in [0.29, 0.717) is 25.4 Å². The van der Waals surface area contributed by atoms with Gasteiger partial charge in [-0.05, 0) is 49.9 Å². The normalized spacial score (nSPS) is 20.8. The van der Waals surface area contributed by atoms with Gasteiger partial charge in [-0.15, -0.1) is 0 Å². The van der Waals surface area contributed by atoms with Gasteiger partial charge in [0.05, 0.1) is 39.6 Å². The third-order valence-electron chi connectivity index (χ3n) is 4.14. The molecule has 2 saturated heterocycles. The average molecular weight is 366 g/mol. The Morgan fingerprint density at radius 1 is 0.654 bits per heavy atom. The van der Waals surface area contributed by atoms with Crippen LogP contribution in [-0.4, -0.2) is 65.1 Å². The van der Waals surface area contributed by atoms with E-state index in [0.717, 1.165) is 76.8 Å². The first-order valence-electron chi connectivity index (χ1n) is 9.64. The van der Waals surface area contributed by atoms with E-state index in [1.165, 1.54) is 0 Å². The molecule has 6 nitrogen and oxygen atoms in total. The number of hydrogen-bond acceptors (Lipinski definition) is 6. The predicted molar refractivity (Wildman–Crippen MR) is 97.0 cm³/mol. The van der Waals surface area contributed by atoms with Crippen LogP contribution < -0.4 is 9.47 Å². The van der Waals surface area contributed by atoms with Gasteiger partial charge >= 0.3 is 0 Å². The molecule has 2 unspecified atom stereocenters. The number of hydrogen-bond donors (Lipinski definition) is 0. The Morgan fingerprint density at radius 3 is 1.42 bits per heavy atom. The zero-order chi connectivity index (χ0) is 17.9. The smallest absolute Gasteiger partial charge is 0.119 e. The molecule has 0 aliphatic carbocycles. The number of epoxide rings is 2. The maximum Gasteiger partial charge on any atom is 0.119 e. The molecule has 1 aromatic carbocycles. The van der Waals surface area contributed by atoms with E-state index in [1.54, 1.807) is 0 Å². The summed E-state index contributed by atoms with van der Waals surface area (Å²) in [7, 11) is 0. The first kappa shape index (κ1) is 19.4. The van der Waals surface area contributed by atoms with Crippen molar-refractivity contribution in [3.05, 3.63) is 24.3 Å². The van der Waals surface area contributed by atoms with Crippen LogP contribution in [-0.2, 0) is 18.9 Å². The van der Waals surface area contributed by atoms with Gasteiger partial charge in [-0.3, -0.25) is 0 Å². The van der Waals surface area contributed by atoms with Crippen molar-refractivity contribution in [3.8, 4) is 11.5 Å². The summed E-state index contributed by atoms with van der Waals surface area (Å²) < 4.78 is 32.6. The summed E-state index contributed by atoms with van der Waals surface area (Å²) >= 11 is 0. The van der Waals surface area contributed by atoms with Crippen molar-refractivity contribution in [2.75, 3.05) is 52.9 Å². The molecule has 0 N–H and O–H groups in total. The first-order chi connectivity index (χ1) is 12.9. The number of rotatable bonds is 16. The highest BCUT2D eigenvalue weighted by Crippen LogP contribution is 2.18. The summed E-state index contributed by atoms with van der Waals surface area (Å²) in [5.74, 6) is 1.75. The van der Waals surface area contributed by atoms with Gasteiger partial charge < -0.3 is 28.4 Å². The van der Waals surface area contributed by atoms with E-state index >= 15 is 0 Å². The molecule has 0 amide bonds. The minimum atomic E-state index is 0.350. The fourth-order valence-electron chi connectivity index (χ4n) is 2.38. The summed E-state index contributed by atoms with van der Waals surface area (Å²) in [5, 5.41) is 0. The lowest BCUT2D eigenvalue weighted by Gasteiger charge is -2.09. The minimum Gasteiger partial charge on any atom is -0.494 e. The van der Waals surface area contributed by atoms with Gasteiger partial charge in [0.25, 0.3) is 0 Å². The van der Waals surface area contributed by atoms with Gasteiger partial charge in [0, 0.05) is 13.2 Å². The Balaban J connectivity index is 1.14. The van der Waals surface area contributed by atoms with E-state index in [4.69, 9.17) is 28.4 Å². The summed E-state index contributed by atoms with van der Waals surface area (Å²) in [6.45, 7) is 6.12. The Labute approximate surface area is 155 Å². The minimum absolute atomic E-state index is 0.350. The van der Waals surface area contributed by atoms with Gasteiger partial charge in [0.15, 0.2) is 0 Å². The van der Waals surface area contributed by atoms with Crippen LogP contribution in [0.15, 0.2) is 24.3 Å². The van der Waals surface area contributed by atoms with Crippen molar-refractivity contribution in [1.82, 2.24) is 0 Å². The van der Waals surface area contributed by atoms with Crippen LogP contribution in [0.3, 0.4) is 0 Å². The topological polar surface area (TPSA) is 62.0 Å². The molecule has 146 valence electrons. The molecular weight excluding hydrogens is 336 g/mol. The SMILES string of the molecule is c1cc(OCCCCOCC2CO2)ccc1OCCCCOCC1CO1. The standard InChI is InChI=1S/C20H30O6/c1(9-21-13-19-15-25-19)3-11-23-17-5-7-18(8-6-17)24-12-4-2-10-22-14-20-16-26-20/h5-8,19-20H,1-4,9-16H2. The zero-order valence-electron chi connectivity index (χ0n) is 15.4. The second-order valence-corrected chi connectivity index (χ2v) is 6.64. The van der Waals surface area contributed by atoms with E-state index in [2.05, 4.69) is 0 Å².